The third-order valence-corrected chi connectivity index (χ3v) is 5.95. The average molecular weight is 359 g/mol. The summed E-state index contributed by atoms with van der Waals surface area (Å²) < 4.78 is 13.1. The Hall–Kier alpha value is -1.95. The van der Waals surface area contributed by atoms with Crippen LogP contribution in [0.25, 0.3) is 0 Å². The van der Waals surface area contributed by atoms with Crippen molar-refractivity contribution in [3.63, 3.8) is 0 Å². The fourth-order valence-electron chi connectivity index (χ4n) is 4.31. The number of halogens is 1. The summed E-state index contributed by atoms with van der Waals surface area (Å²) in [5, 5.41) is 3.17. The molecule has 1 aromatic rings. The first kappa shape index (κ1) is 17.5. The fraction of sp³-hybridized carbons (Fsp3) is 0.600. The highest BCUT2D eigenvalue weighted by Gasteiger charge is 2.43. The van der Waals surface area contributed by atoms with Crippen LogP contribution in [0, 0.1) is 17.7 Å². The minimum absolute atomic E-state index is 0.128. The molecule has 1 aliphatic carbocycles. The Morgan fingerprint density at radius 2 is 1.92 bits per heavy atom. The van der Waals surface area contributed by atoms with Gasteiger partial charge in [-0.2, -0.15) is 0 Å². The third kappa shape index (κ3) is 3.90. The summed E-state index contributed by atoms with van der Waals surface area (Å²) in [6, 6.07) is 5.84. The number of hydrogen-bond acceptors (Lipinski definition) is 3. The van der Waals surface area contributed by atoms with Gasteiger partial charge in [0.25, 0.3) is 5.91 Å². The van der Waals surface area contributed by atoms with Gasteiger partial charge in [0.05, 0.1) is 0 Å². The Bertz CT molecular complexity index is 674. The summed E-state index contributed by atoms with van der Waals surface area (Å²) >= 11 is 0. The maximum Gasteiger partial charge on any atom is 0.251 e. The molecular weight excluding hydrogens is 333 g/mol. The first-order chi connectivity index (χ1) is 12.6. The molecule has 0 aromatic heterocycles. The van der Waals surface area contributed by atoms with Crippen LogP contribution < -0.4 is 5.32 Å². The lowest BCUT2D eigenvalue weighted by Crippen LogP contribution is -2.41. The highest BCUT2D eigenvalue weighted by molar-refractivity contribution is 5.94. The number of rotatable bonds is 6. The highest BCUT2D eigenvalue weighted by atomic mass is 19.1. The standard InChI is InChI=1S/C20H26FN3O2/c21-16-7-5-15(6-8-16)20(26)22-18-13-23(12-17(18)14-3-4-14)10-11-24-9-1-2-19(24)25/h5-8,14,17-18H,1-4,9-13H2,(H,22,26)/t17-,18+/m1/s1. The second-order valence-corrected chi connectivity index (χ2v) is 7.83. The largest absolute Gasteiger partial charge is 0.348 e. The molecule has 1 N–H and O–H groups in total. The van der Waals surface area contributed by atoms with Crippen molar-refractivity contribution in [1.29, 1.82) is 0 Å². The summed E-state index contributed by atoms with van der Waals surface area (Å²) in [5.41, 5.74) is 0.502. The van der Waals surface area contributed by atoms with Crippen LogP contribution in [-0.4, -0.2) is 60.4 Å². The van der Waals surface area contributed by atoms with Gasteiger partial charge in [-0.05, 0) is 55.4 Å². The number of likely N-dealkylation sites (tertiary alicyclic amines) is 2. The van der Waals surface area contributed by atoms with E-state index in [2.05, 4.69) is 10.2 Å². The molecule has 2 heterocycles. The molecule has 1 aromatic carbocycles. The van der Waals surface area contributed by atoms with E-state index in [1.807, 2.05) is 4.90 Å². The highest BCUT2D eigenvalue weighted by Crippen LogP contribution is 2.41. The molecule has 4 rings (SSSR count). The molecule has 2 aliphatic heterocycles. The van der Waals surface area contributed by atoms with E-state index >= 15 is 0 Å². The number of nitrogens with zero attached hydrogens (tertiary/aromatic N) is 2. The second-order valence-electron chi connectivity index (χ2n) is 7.83. The molecule has 3 fully saturated rings. The molecule has 2 amide bonds. The van der Waals surface area contributed by atoms with Crippen molar-refractivity contribution in [2.45, 2.75) is 31.7 Å². The van der Waals surface area contributed by atoms with Crippen molar-refractivity contribution < 1.29 is 14.0 Å². The van der Waals surface area contributed by atoms with Gasteiger partial charge in [0.2, 0.25) is 5.91 Å². The maximum atomic E-state index is 13.1. The minimum Gasteiger partial charge on any atom is -0.348 e. The van der Waals surface area contributed by atoms with Gasteiger partial charge in [-0.15, -0.1) is 0 Å². The van der Waals surface area contributed by atoms with Gasteiger partial charge >= 0.3 is 0 Å². The number of nitrogens with one attached hydrogen (secondary N) is 1. The molecule has 0 spiro atoms. The van der Waals surface area contributed by atoms with E-state index in [1.54, 1.807) is 0 Å². The Balaban J connectivity index is 1.34. The van der Waals surface area contributed by atoms with Gasteiger partial charge < -0.3 is 10.2 Å². The molecule has 26 heavy (non-hydrogen) atoms. The van der Waals surface area contributed by atoms with Crippen LogP contribution >= 0.6 is 0 Å². The zero-order chi connectivity index (χ0) is 18.1. The van der Waals surface area contributed by atoms with E-state index < -0.39 is 0 Å². The van der Waals surface area contributed by atoms with Crippen LogP contribution in [0.4, 0.5) is 4.39 Å². The minimum atomic E-state index is -0.332. The van der Waals surface area contributed by atoms with Gasteiger partial charge in [-0.1, -0.05) is 0 Å². The molecule has 2 saturated heterocycles. The van der Waals surface area contributed by atoms with Crippen molar-refractivity contribution in [2.75, 3.05) is 32.7 Å². The van der Waals surface area contributed by atoms with Crippen LogP contribution in [0.3, 0.4) is 0 Å². The first-order valence-electron chi connectivity index (χ1n) is 9.67. The number of carbonyl (C=O) groups is 2. The van der Waals surface area contributed by atoms with Gasteiger partial charge in [-0.3, -0.25) is 14.5 Å². The fourth-order valence-corrected chi connectivity index (χ4v) is 4.31. The van der Waals surface area contributed by atoms with Gasteiger partial charge in [0.15, 0.2) is 0 Å². The van der Waals surface area contributed by atoms with Crippen molar-refractivity contribution in [3.05, 3.63) is 35.6 Å². The summed E-state index contributed by atoms with van der Waals surface area (Å²) in [4.78, 5) is 28.6. The predicted octanol–water partition coefficient (Wildman–Crippen LogP) is 1.89. The van der Waals surface area contributed by atoms with E-state index in [0.29, 0.717) is 23.8 Å². The Labute approximate surface area is 153 Å². The van der Waals surface area contributed by atoms with Gasteiger partial charge in [0.1, 0.15) is 5.82 Å². The molecule has 0 radical (unpaired) electrons. The lowest BCUT2D eigenvalue weighted by molar-refractivity contribution is -0.127. The number of hydrogen-bond donors (Lipinski definition) is 1. The van der Waals surface area contributed by atoms with Crippen LogP contribution in [0.5, 0.6) is 0 Å². The average Bonchev–Trinajstić information content (AvgIpc) is 3.27. The number of benzene rings is 1. The maximum absolute atomic E-state index is 13.1. The Kier molecular flexibility index (Phi) is 4.94. The van der Waals surface area contributed by atoms with Crippen molar-refractivity contribution in [2.24, 2.45) is 11.8 Å². The number of carbonyl (C=O) groups excluding carboxylic acids is 2. The molecule has 140 valence electrons. The van der Waals surface area contributed by atoms with Crippen LogP contribution in [0.1, 0.15) is 36.0 Å². The lowest BCUT2D eigenvalue weighted by atomic mass is 9.98. The Morgan fingerprint density at radius 1 is 1.15 bits per heavy atom. The van der Waals surface area contributed by atoms with Gasteiger partial charge in [-0.25, -0.2) is 4.39 Å². The summed E-state index contributed by atoms with van der Waals surface area (Å²) in [7, 11) is 0. The molecule has 6 heteroatoms. The van der Waals surface area contributed by atoms with E-state index in [1.165, 1.54) is 37.1 Å². The monoisotopic (exact) mass is 359 g/mol. The molecule has 3 aliphatic rings. The molecule has 1 saturated carbocycles. The normalized spacial score (nSPS) is 26.5. The van der Waals surface area contributed by atoms with E-state index in [4.69, 9.17) is 0 Å². The zero-order valence-electron chi connectivity index (χ0n) is 15.0. The van der Waals surface area contributed by atoms with Crippen molar-refractivity contribution in [1.82, 2.24) is 15.1 Å². The van der Waals surface area contributed by atoms with Crippen LogP contribution in [0.2, 0.25) is 0 Å². The van der Waals surface area contributed by atoms with Crippen LogP contribution in [-0.2, 0) is 4.79 Å². The third-order valence-electron chi connectivity index (χ3n) is 5.95. The topological polar surface area (TPSA) is 52.7 Å². The van der Waals surface area contributed by atoms with Crippen LogP contribution in [0.15, 0.2) is 24.3 Å². The quantitative estimate of drug-likeness (QED) is 0.844. The smallest absolute Gasteiger partial charge is 0.251 e. The van der Waals surface area contributed by atoms with E-state index in [-0.39, 0.29) is 23.7 Å². The first-order valence-corrected chi connectivity index (χ1v) is 9.67. The molecule has 0 unspecified atom stereocenters. The summed E-state index contributed by atoms with van der Waals surface area (Å²) in [6.07, 6.45) is 4.14. The molecular formula is C20H26FN3O2. The summed E-state index contributed by atoms with van der Waals surface area (Å²) in [5.74, 6) is 0.989. The van der Waals surface area contributed by atoms with Gasteiger partial charge in [0, 0.05) is 50.7 Å². The second kappa shape index (κ2) is 7.35. The molecule has 2 atom stereocenters. The summed E-state index contributed by atoms with van der Waals surface area (Å²) in [6.45, 7) is 4.35. The van der Waals surface area contributed by atoms with E-state index in [9.17, 15) is 14.0 Å². The number of amides is 2. The SMILES string of the molecule is O=C(N[C@H]1CN(CCN2CCCC2=O)C[C@@H]1C1CC1)c1ccc(F)cc1. The Morgan fingerprint density at radius 3 is 2.58 bits per heavy atom. The molecule has 5 nitrogen and oxygen atoms in total. The predicted molar refractivity (Wildman–Crippen MR) is 96.1 cm³/mol. The molecule has 0 bridgehead atoms. The zero-order valence-corrected chi connectivity index (χ0v) is 15.0. The lowest BCUT2D eigenvalue weighted by Gasteiger charge is -2.21. The van der Waals surface area contributed by atoms with E-state index in [0.717, 1.165) is 39.1 Å². The van der Waals surface area contributed by atoms with Crippen molar-refractivity contribution >= 4 is 11.8 Å². The van der Waals surface area contributed by atoms with Crippen molar-refractivity contribution in [3.8, 4) is 0 Å².